The largest absolute Gasteiger partial charge is 0.507 e. The smallest absolute Gasteiger partial charge is 0.125 e. The molecule has 0 unspecified atom stereocenters. The standard InChI is InChI=1S/C15H22N2O/c1-4-5-11-6-7-13(18)14-12(8-9-17(2)3)10-16-15(11)14/h6-7,10,16,18H,4-5,8-9H2,1-3H3. The summed E-state index contributed by atoms with van der Waals surface area (Å²) in [6, 6.07) is 3.84. The summed E-state index contributed by atoms with van der Waals surface area (Å²) in [6.07, 6.45) is 5.15. The van der Waals surface area contributed by atoms with Gasteiger partial charge in [0.05, 0.1) is 5.52 Å². The van der Waals surface area contributed by atoms with Gasteiger partial charge in [0, 0.05) is 18.1 Å². The molecule has 1 aromatic heterocycles. The second-order valence-electron chi connectivity index (χ2n) is 5.11. The Balaban J connectivity index is 2.41. The third-order valence-corrected chi connectivity index (χ3v) is 3.33. The quantitative estimate of drug-likeness (QED) is 0.851. The van der Waals surface area contributed by atoms with Gasteiger partial charge in [-0.05, 0) is 44.1 Å². The number of aryl methyl sites for hydroxylation is 1. The first-order chi connectivity index (χ1) is 8.63. The van der Waals surface area contributed by atoms with Crippen LogP contribution in [0.1, 0.15) is 24.5 Å². The molecule has 0 spiro atoms. The molecule has 0 fully saturated rings. The van der Waals surface area contributed by atoms with Crippen molar-refractivity contribution in [2.45, 2.75) is 26.2 Å². The molecule has 18 heavy (non-hydrogen) atoms. The molecule has 2 N–H and O–H groups in total. The Bertz CT molecular complexity index is 529. The van der Waals surface area contributed by atoms with E-state index < -0.39 is 0 Å². The summed E-state index contributed by atoms with van der Waals surface area (Å²) in [4.78, 5) is 5.49. The Morgan fingerprint density at radius 1 is 1.17 bits per heavy atom. The summed E-state index contributed by atoms with van der Waals surface area (Å²) in [7, 11) is 4.13. The maximum atomic E-state index is 10.1. The number of aromatic nitrogens is 1. The number of rotatable bonds is 5. The van der Waals surface area contributed by atoms with Crippen molar-refractivity contribution >= 4 is 10.9 Å². The molecule has 0 aliphatic carbocycles. The van der Waals surface area contributed by atoms with Crippen LogP contribution in [-0.4, -0.2) is 35.6 Å². The summed E-state index contributed by atoms with van der Waals surface area (Å²) in [5.74, 6) is 0.389. The Kier molecular flexibility index (Phi) is 3.92. The number of nitrogens with zero attached hydrogens (tertiary/aromatic N) is 1. The van der Waals surface area contributed by atoms with Crippen molar-refractivity contribution in [2.75, 3.05) is 20.6 Å². The molecule has 0 amide bonds. The highest BCUT2D eigenvalue weighted by Gasteiger charge is 2.11. The molecule has 0 aliphatic rings. The first-order valence-electron chi connectivity index (χ1n) is 6.59. The van der Waals surface area contributed by atoms with Gasteiger partial charge in [0.15, 0.2) is 0 Å². The van der Waals surface area contributed by atoms with Crippen LogP contribution in [0.3, 0.4) is 0 Å². The normalized spacial score (nSPS) is 11.6. The predicted molar refractivity (Wildman–Crippen MR) is 76.2 cm³/mol. The predicted octanol–water partition coefficient (Wildman–Crippen LogP) is 2.93. The summed E-state index contributed by atoms with van der Waals surface area (Å²) < 4.78 is 0. The Morgan fingerprint density at radius 3 is 2.61 bits per heavy atom. The molecule has 0 saturated carbocycles. The van der Waals surface area contributed by atoms with Crippen molar-refractivity contribution in [1.82, 2.24) is 9.88 Å². The average Bonchev–Trinajstić information content (AvgIpc) is 2.75. The highest BCUT2D eigenvalue weighted by molar-refractivity contribution is 5.91. The lowest BCUT2D eigenvalue weighted by molar-refractivity contribution is 0.414. The highest BCUT2D eigenvalue weighted by Crippen LogP contribution is 2.31. The Labute approximate surface area is 108 Å². The molecule has 0 radical (unpaired) electrons. The van der Waals surface area contributed by atoms with E-state index in [1.165, 1.54) is 11.1 Å². The molecule has 0 atom stereocenters. The van der Waals surface area contributed by atoms with E-state index in [9.17, 15) is 5.11 Å². The van der Waals surface area contributed by atoms with Crippen LogP contribution < -0.4 is 0 Å². The fourth-order valence-corrected chi connectivity index (χ4v) is 2.38. The van der Waals surface area contributed by atoms with Gasteiger partial charge in [0.2, 0.25) is 0 Å². The van der Waals surface area contributed by atoms with E-state index in [1.54, 1.807) is 0 Å². The molecule has 3 heteroatoms. The number of benzene rings is 1. The minimum Gasteiger partial charge on any atom is -0.507 e. The van der Waals surface area contributed by atoms with Crippen LogP contribution in [-0.2, 0) is 12.8 Å². The van der Waals surface area contributed by atoms with Crippen molar-refractivity contribution in [3.05, 3.63) is 29.5 Å². The maximum absolute atomic E-state index is 10.1. The van der Waals surface area contributed by atoms with Crippen LogP contribution in [0.2, 0.25) is 0 Å². The SMILES string of the molecule is CCCc1ccc(O)c2c(CCN(C)C)c[nH]c12. The van der Waals surface area contributed by atoms with E-state index in [2.05, 4.69) is 30.9 Å². The van der Waals surface area contributed by atoms with E-state index >= 15 is 0 Å². The molecule has 2 rings (SSSR count). The monoisotopic (exact) mass is 246 g/mol. The van der Waals surface area contributed by atoms with Crippen LogP contribution in [0.5, 0.6) is 5.75 Å². The number of fused-ring (bicyclic) bond motifs is 1. The zero-order valence-corrected chi connectivity index (χ0v) is 11.5. The van der Waals surface area contributed by atoms with Crippen molar-refractivity contribution < 1.29 is 5.11 Å². The van der Waals surface area contributed by atoms with Crippen LogP contribution >= 0.6 is 0 Å². The molecule has 0 aliphatic heterocycles. The number of phenols is 1. The Hall–Kier alpha value is -1.48. The molecule has 3 nitrogen and oxygen atoms in total. The van der Waals surface area contributed by atoms with Crippen molar-refractivity contribution in [3.8, 4) is 5.75 Å². The van der Waals surface area contributed by atoms with E-state index in [4.69, 9.17) is 0 Å². The fraction of sp³-hybridized carbons (Fsp3) is 0.467. The van der Waals surface area contributed by atoms with Gasteiger partial charge in [-0.25, -0.2) is 0 Å². The van der Waals surface area contributed by atoms with Gasteiger partial charge in [0.25, 0.3) is 0 Å². The van der Waals surface area contributed by atoms with Crippen molar-refractivity contribution in [3.63, 3.8) is 0 Å². The van der Waals surface area contributed by atoms with Crippen molar-refractivity contribution in [1.29, 1.82) is 0 Å². The third-order valence-electron chi connectivity index (χ3n) is 3.33. The first-order valence-corrected chi connectivity index (χ1v) is 6.59. The number of hydrogen-bond acceptors (Lipinski definition) is 2. The lowest BCUT2D eigenvalue weighted by Gasteiger charge is -2.09. The maximum Gasteiger partial charge on any atom is 0.125 e. The molecular weight excluding hydrogens is 224 g/mol. The summed E-state index contributed by atoms with van der Waals surface area (Å²) in [6.45, 7) is 3.17. The molecule has 2 aromatic rings. The number of H-pyrrole nitrogens is 1. The topological polar surface area (TPSA) is 39.3 Å². The average molecular weight is 246 g/mol. The van der Waals surface area contributed by atoms with E-state index in [0.29, 0.717) is 5.75 Å². The van der Waals surface area contributed by atoms with Gasteiger partial charge < -0.3 is 15.0 Å². The van der Waals surface area contributed by atoms with E-state index in [0.717, 1.165) is 36.7 Å². The number of aromatic amines is 1. The molecule has 0 bridgehead atoms. The second-order valence-corrected chi connectivity index (χ2v) is 5.11. The third kappa shape index (κ3) is 2.51. The minimum atomic E-state index is 0.389. The summed E-state index contributed by atoms with van der Waals surface area (Å²) >= 11 is 0. The minimum absolute atomic E-state index is 0.389. The zero-order valence-electron chi connectivity index (χ0n) is 11.5. The van der Waals surface area contributed by atoms with Gasteiger partial charge in [0.1, 0.15) is 5.75 Å². The molecule has 1 heterocycles. The highest BCUT2D eigenvalue weighted by atomic mass is 16.3. The molecular formula is C15H22N2O. The lowest BCUT2D eigenvalue weighted by Crippen LogP contribution is -2.14. The van der Waals surface area contributed by atoms with Gasteiger partial charge in [-0.3, -0.25) is 0 Å². The summed E-state index contributed by atoms with van der Waals surface area (Å²) in [5, 5.41) is 11.1. The number of aromatic hydroxyl groups is 1. The zero-order chi connectivity index (χ0) is 13.1. The fourth-order valence-electron chi connectivity index (χ4n) is 2.38. The molecule has 0 saturated heterocycles. The molecule has 1 aromatic carbocycles. The van der Waals surface area contributed by atoms with Crippen LogP contribution in [0.25, 0.3) is 10.9 Å². The van der Waals surface area contributed by atoms with E-state index in [1.807, 2.05) is 18.3 Å². The van der Waals surface area contributed by atoms with Gasteiger partial charge >= 0.3 is 0 Å². The van der Waals surface area contributed by atoms with Gasteiger partial charge in [-0.2, -0.15) is 0 Å². The van der Waals surface area contributed by atoms with Crippen LogP contribution in [0.15, 0.2) is 18.3 Å². The summed E-state index contributed by atoms with van der Waals surface area (Å²) in [5.41, 5.74) is 3.60. The number of likely N-dealkylation sites (N-methyl/N-ethyl adjacent to an activating group) is 1. The van der Waals surface area contributed by atoms with Gasteiger partial charge in [-0.1, -0.05) is 19.4 Å². The Morgan fingerprint density at radius 2 is 1.94 bits per heavy atom. The first kappa shape index (κ1) is 13.0. The lowest BCUT2D eigenvalue weighted by atomic mass is 10.0. The van der Waals surface area contributed by atoms with Gasteiger partial charge in [-0.15, -0.1) is 0 Å². The molecule has 98 valence electrons. The second kappa shape index (κ2) is 5.44. The number of nitrogens with one attached hydrogen (secondary N) is 1. The van der Waals surface area contributed by atoms with E-state index in [-0.39, 0.29) is 0 Å². The number of hydrogen-bond donors (Lipinski definition) is 2. The van der Waals surface area contributed by atoms with Crippen molar-refractivity contribution in [2.24, 2.45) is 0 Å². The number of phenolic OH excluding ortho intramolecular Hbond substituents is 1. The van der Waals surface area contributed by atoms with Crippen LogP contribution in [0.4, 0.5) is 0 Å². The van der Waals surface area contributed by atoms with Crippen LogP contribution in [0, 0.1) is 0 Å².